The van der Waals surface area contributed by atoms with Crippen molar-refractivity contribution in [3.8, 4) is 11.1 Å². The number of nitrogens with zero attached hydrogens (tertiary/aromatic N) is 1. The summed E-state index contributed by atoms with van der Waals surface area (Å²) in [6.07, 6.45) is 3.55. The van der Waals surface area contributed by atoms with Crippen molar-refractivity contribution in [1.82, 2.24) is 5.32 Å². The lowest BCUT2D eigenvalue weighted by atomic mass is 9.79. The van der Waals surface area contributed by atoms with Gasteiger partial charge in [0.25, 0.3) is 0 Å². The number of carbonyl (C=O) groups excluding carboxylic acids is 1. The van der Waals surface area contributed by atoms with Crippen LogP contribution in [0.4, 0.5) is 16.2 Å². The minimum atomic E-state index is -0.437. The van der Waals surface area contributed by atoms with Gasteiger partial charge in [0, 0.05) is 35.5 Å². The van der Waals surface area contributed by atoms with Crippen LogP contribution in [0.15, 0.2) is 54.6 Å². The Labute approximate surface area is 225 Å². The first-order valence-electron chi connectivity index (χ1n) is 12.2. The van der Waals surface area contributed by atoms with Crippen molar-refractivity contribution in [2.24, 2.45) is 0 Å². The molecule has 1 N–H and O–H groups in total. The summed E-state index contributed by atoms with van der Waals surface area (Å²) in [6.45, 7) is 1.69. The number of halogens is 3. The van der Waals surface area contributed by atoms with Gasteiger partial charge in [-0.05, 0) is 54.2 Å². The molecule has 3 aromatic carbocycles. The zero-order chi connectivity index (χ0) is 24.9. The molecule has 5 nitrogen and oxygen atoms in total. The smallest absolute Gasteiger partial charge is 0.326 e. The Morgan fingerprint density at radius 1 is 0.861 bits per heavy atom. The summed E-state index contributed by atoms with van der Waals surface area (Å²) in [5.74, 6) is -0.142. The molecule has 2 fully saturated rings. The number of hydrogen-bond donors (Lipinski definition) is 1. The van der Waals surface area contributed by atoms with Crippen molar-refractivity contribution in [3.63, 3.8) is 0 Å². The number of urea groups is 1. The number of para-hydroxylation sites is 1. The Kier molecular flexibility index (Phi) is 6.39. The number of amides is 2. The van der Waals surface area contributed by atoms with E-state index >= 15 is 0 Å². The maximum absolute atomic E-state index is 13.3. The van der Waals surface area contributed by atoms with Crippen LogP contribution in [0.5, 0.6) is 0 Å². The van der Waals surface area contributed by atoms with E-state index in [1.807, 2.05) is 24.3 Å². The van der Waals surface area contributed by atoms with Gasteiger partial charge >= 0.3 is 6.03 Å². The third kappa shape index (κ3) is 4.17. The minimum absolute atomic E-state index is 0.268. The van der Waals surface area contributed by atoms with Gasteiger partial charge in [-0.25, -0.2) is 4.79 Å². The molecule has 6 rings (SSSR count). The van der Waals surface area contributed by atoms with Crippen LogP contribution in [-0.2, 0) is 16.0 Å². The lowest BCUT2D eigenvalue weighted by Crippen LogP contribution is -2.42. The first-order chi connectivity index (χ1) is 17.5. The highest BCUT2D eigenvalue weighted by Gasteiger charge is 2.41. The van der Waals surface area contributed by atoms with E-state index in [4.69, 9.17) is 44.3 Å². The van der Waals surface area contributed by atoms with Crippen LogP contribution in [0.1, 0.15) is 42.7 Å². The van der Waals surface area contributed by atoms with E-state index in [-0.39, 0.29) is 6.03 Å². The maximum atomic E-state index is 13.3. The summed E-state index contributed by atoms with van der Waals surface area (Å²) in [5, 5.41) is 4.47. The van der Waals surface area contributed by atoms with E-state index < -0.39 is 5.79 Å². The molecule has 0 aromatic heterocycles. The number of hydrogen-bond acceptors (Lipinski definition) is 3. The third-order valence-electron chi connectivity index (χ3n) is 7.47. The van der Waals surface area contributed by atoms with Crippen molar-refractivity contribution < 1.29 is 14.3 Å². The molecule has 3 aliphatic rings. The molecule has 1 saturated heterocycles. The molecule has 2 amide bonds. The SMILES string of the molecule is O=C1NCc2c(-c3ccccc3Cl)cc(C3CCC4(CC3)OCCO4)cc2N1c1c(Cl)cccc1Cl. The molecule has 0 bridgehead atoms. The fourth-order valence-corrected chi connectivity index (χ4v) is 6.48. The van der Waals surface area contributed by atoms with Crippen LogP contribution in [0.2, 0.25) is 15.1 Å². The molecular weight excluding hydrogens is 519 g/mol. The molecule has 3 aromatic rings. The lowest BCUT2D eigenvalue weighted by Gasteiger charge is -2.37. The number of rotatable bonds is 3. The number of carbonyl (C=O) groups is 1. The molecule has 2 heterocycles. The number of fused-ring (bicyclic) bond motifs is 1. The minimum Gasteiger partial charge on any atom is -0.348 e. The molecule has 1 spiro atoms. The van der Waals surface area contributed by atoms with E-state index in [0.717, 1.165) is 53.6 Å². The highest BCUT2D eigenvalue weighted by Crippen LogP contribution is 2.48. The zero-order valence-electron chi connectivity index (χ0n) is 19.5. The predicted octanol–water partition coefficient (Wildman–Crippen LogP) is 8.08. The molecule has 36 heavy (non-hydrogen) atoms. The highest BCUT2D eigenvalue weighted by molar-refractivity contribution is 6.40. The summed E-state index contributed by atoms with van der Waals surface area (Å²) in [4.78, 5) is 14.9. The average molecular weight is 544 g/mol. The van der Waals surface area contributed by atoms with E-state index in [9.17, 15) is 4.79 Å². The van der Waals surface area contributed by atoms with Gasteiger partial charge < -0.3 is 14.8 Å². The van der Waals surface area contributed by atoms with Crippen LogP contribution >= 0.6 is 34.8 Å². The summed E-state index contributed by atoms with van der Waals surface area (Å²) >= 11 is 19.8. The van der Waals surface area contributed by atoms with Crippen LogP contribution in [0.25, 0.3) is 11.1 Å². The fraction of sp³-hybridized carbons (Fsp3) is 0.321. The van der Waals surface area contributed by atoms with Crippen molar-refractivity contribution >= 4 is 52.2 Å². The summed E-state index contributed by atoms with van der Waals surface area (Å²) < 4.78 is 11.9. The molecular formula is C28H25Cl3N2O3. The Hall–Kier alpha value is -2.28. The molecule has 0 radical (unpaired) electrons. The van der Waals surface area contributed by atoms with E-state index in [2.05, 4.69) is 17.4 Å². The number of ether oxygens (including phenoxy) is 2. The summed E-state index contributed by atoms with van der Waals surface area (Å²) in [7, 11) is 0. The molecule has 2 aliphatic heterocycles. The Morgan fingerprint density at radius 2 is 1.53 bits per heavy atom. The topological polar surface area (TPSA) is 50.8 Å². The van der Waals surface area contributed by atoms with Crippen molar-refractivity contribution in [3.05, 3.63) is 80.8 Å². The van der Waals surface area contributed by atoms with Crippen molar-refractivity contribution in [1.29, 1.82) is 0 Å². The molecule has 1 saturated carbocycles. The maximum Gasteiger partial charge on any atom is 0.326 e. The molecule has 8 heteroatoms. The monoisotopic (exact) mass is 542 g/mol. The van der Waals surface area contributed by atoms with E-state index in [1.54, 1.807) is 23.1 Å². The van der Waals surface area contributed by atoms with E-state index in [1.165, 1.54) is 0 Å². The average Bonchev–Trinajstić information content (AvgIpc) is 3.33. The molecule has 0 atom stereocenters. The van der Waals surface area contributed by atoms with E-state index in [0.29, 0.717) is 46.4 Å². The van der Waals surface area contributed by atoms with Gasteiger partial charge in [-0.15, -0.1) is 0 Å². The standard InChI is InChI=1S/C28H25Cl3N2O3/c29-22-5-2-1-4-19(22)20-14-18(17-8-10-28(11-9-17)35-12-13-36-28)15-25-21(20)16-32-27(34)33(25)26-23(30)6-3-7-24(26)31/h1-7,14-15,17H,8-13,16H2,(H,32,34). The quantitative estimate of drug-likeness (QED) is 0.363. The Morgan fingerprint density at radius 3 is 2.22 bits per heavy atom. The first kappa shape index (κ1) is 24.1. The van der Waals surface area contributed by atoms with Crippen molar-refractivity contribution in [2.75, 3.05) is 18.1 Å². The van der Waals surface area contributed by atoms with Crippen LogP contribution < -0.4 is 10.2 Å². The van der Waals surface area contributed by atoms with Crippen LogP contribution in [0, 0.1) is 0 Å². The molecule has 1 aliphatic carbocycles. The summed E-state index contributed by atoms with van der Waals surface area (Å²) in [6, 6.07) is 17.1. The highest BCUT2D eigenvalue weighted by atomic mass is 35.5. The second kappa shape index (κ2) is 9.55. The molecule has 186 valence electrons. The largest absolute Gasteiger partial charge is 0.348 e. The van der Waals surface area contributed by atoms with Gasteiger partial charge in [0.05, 0.1) is 34.6 Å². The van der Waals surface area contributed by atoms with Gasteiger partial charge in [0.15, 0.2) is 5.79 Å². The van der Waals surface area contributed by atoms with Gasteiger partial charge in [-0.3, -0.25) is 4.90 Å². The fourth-order valence-electron chi connectivity index (χ4n) is 5.67. The van der Waals surface area contributed by atoms with Gasteiger partial charge in [-0.2, -0.15) is 0 Å². The molecule has 0 unspecified atom stereocenters. The number of benzene rings is 3. The Bertz CT molecular complexity index is 1310. The Balaban J connectivity index is 1.50. The van der Waals surface area contributed by atoms with Crippen LogP contribution in [-0.4, -0.2) is 25.0 Å². The number of nitrogens with one attached hydrogen (secondary N) is 1. The normalized spacial score (nSPS) is 19.4. The predicted molar refractivity (Wildman–Crippen MR) is 144 cm³/mol. The zero-order valence-corrected chi connectivity index (χ0v) is 21.8. The van der Waals surface area contributed by atoms with Crippen molar-refractivity contribution in [2.45, 2.75) is 43.9 Å². The van der Waals surface area contributed by atoms with Crippen LogP contribution in [0.3, 0.4) is 0 Å². The lowest BCUT2D eigenvalue weighted by molar-refractivity contribution is -0.178. The van der Waals surface area contributed by atoms with Gasteiger partial charge in [0.2, 0.25) is 0 Å². The second-order valence-electron chi connectivity index (χ2n) is 9.49. The van der Waals surface area contributed by atoms with Gasteiger partial charge in [-0.1, -0.05) is 65.1 Å². The summed E-state index contributed by atoms with van der Waals surface area (Å²) in [5.41, 5.74) is 5.28. The first-order valence-corrected chi connectivity index (χ1v) is 13.3. The van der Waals surface area contributed by atoms with Gasteiger partial charge in [0.1, 0.15) is 0 Å². The third-order valence-corrected chi connectivity index (χ3v) is 8.41. The number of anilines is 2. The second-order valence-corrected chi connectivity index (χ2v) is 10.7.